The van der Waals surface area contributed by atoms with Crippen LogP contribution in [0.5, 0.6) is 5.75 Å². The lowest BCUT2D eigenvalue weighted by molar-refractivity contribution is -0.129. The van der Waals surface area contributed by atoms with Crippen LogP contribution in [0, 0.1) is 5.92 Å². The SMILES string of the molecule is COc1ccc(N2C(=O)C(=Cc3cccs3)N=C2SCC(=O)N2CCC(C)CC2)cc1Cl. The molecule has 2 aliphatic rings. The highest BCUT2D eigenvalue weighted by Gasteiger charge is 2.33. The van der Waals surface area contributed by atoms with Gasteiger partial charge in [-0.2, -0.15) is 0 Å². The summed E-state index contributed by atoms with van der Waals surface area (Å²) < 4.78 is 5.23. The second kappa shape index (κ2) is 10.1. The maximum absolute atomic E-state index is 13.3. The number of nitrogens with zero attached hydrogens (tertiary/aromatic N) is 3. The molecule has 3 heterocycles. The molecule has 2 aliphatic heterocycles. The number of rotatable bonds is 5. The molecule has 32 heavy (non-hydrogen) atoms. The van der Waals surface area contributed by atoms with Crippen molar-refractivity contribution in [3.05, 3.63) is 51.3 Å². The lowest BCUT2D eigenvalue weighted by Gasteiger charge is -2.30. The van der Waals surface area contributed by atoms with Gasteiger partial charge in [0.05, 0.1) is 23.6 Å². The molecule has 0 aliphatic carbocycles. The van der Waals surface area contributed by atoms with Gasteiger partial charge in [-0.15, -0.1) is 11.3 Å². The van der Waals surface area contributed by atoms with Crippen molar-refractivity contribution in [1.82, 2.24) is 4.90 Å². The highest BCUT2D eigenvalue weighted by atomic mass is 35.5. The Balaban J connectivity index is 1.57. The first-order valence-electron chi connectivity index (χ1n) is 10.4. The number of piperidine rings is 1. The molecule has 2 aromatic rings. The molecule has 0 spiro atoms. The van der Waals surface area contributed by atoms with Gasteiger partial charge in [0, 0.05) is 18.0 Å². The molecule has 168 valence electrons. The number of aliphatic imine (C=N–C) groups is 1. The van der Waals surface area contributed by atoms with E-state index in [1.807, 2.05) is 22.4 Å². The highest BCUT2D eigenvalue weighted by molar-refractivity contribution is 8.14. The van der Waals surface area contributed by atoms with Gasteiger partial charge >= 0.3 is 0 Å². The van der Waals surface area contributed by atoms with Gasteiger partial charge in [0.15, 0.2) is 5.17 Å². The van der Waals surface area contributed by atoms with Gasteiger partial charge in [-0.25, -0.2) is 4.99 Å². The Hall–Kier alpha value is -2.29. The van der Waals surface area contributed by atoms with Gasteiger partial charge in [-0.3, -0.25) is 14.5 Å². The van der Waals surface area contributed by atoms with Crippen LogP contribution in [0.2, 0.25) is 5.02 Å². The van der Waals surface area contributed by atoms with Crippen LogP contribution in [0.3, 0.4) is 0 Å². The van der Waals surface area contributed by atoms with Crippen molar-refractivity contribution in [3.8, 4) is 5.75 Å². The van der Waals surface area contributed by atoms with Crippen molar-refractivity contribution in [1.29, 1.82) is 0 Å². The largest absolute Gasteiger partial charge is 0.495 e. The van der Waals surface area contributed by atoms with Crippen LogP contribution >= 0.6 is 34.7 Å². The monoisotopic (exact) mass is 489 g/mol. The second-order valence-electron chi connectivity index (χ2n) is 7.75. The fourth-order valence-corrected chi connectivity index (χ4v) is 5.42. The summed E-state index contributed by atoms with van der Waals surface area (Å²) in [6.07, 6.45) is 3.83. The maximum atomic E-state index is 13.3. The van der Waals surface area contributed by atoms with E-state index in [0.29, 0.717) is 33.2 Å². The first-order valence-corrected chi connectivity index (χ1v) is 12.6. The third kappa shape index (κ3) is 5.03. The molecular weight excluding hydrogens is 466 g/mol. The van der Waals surface area contributed by atoms with E-state index in [0.717, 1.165) is 30.8 Å². The molecule has 0 N–H and O–H groups in total. The minimum Gasteiger partial charge on any atom is -0.495 e. The third-order valence-electron chi connectivity index (χ3n) is 5.51. The van der Waals surface area contributed by atoms with E-state index in [4.69, 9.17) is 16.3 Å². The number of likely N-dealkylation sites (tertiary alicyclic amines) is 1. The van der Waals surface area contributed by atoms with E-state index in [2.05, 4.69) is 11.9 Å². The van der Waals surface area contributed by atoms with Crippen molar-refractivity contribution in [2.75, 3.05) is 30.9 Å². The Morgan fingerprint density at radius 2 is 2.12 bits per heavy atom. The van der Waals surface area contributed by atoms with Crippen LogP contribution < -0.4 is 9.64 Å². The van der Waals surface area contributed by atoms with E-state index in [9.17, 15) is 9.59 Å². The number of thioether (sulfide) groups is 1. The van der Waals surface area contributed by atoms with Gasteiger partial charge in [0.1, 0.15) is 11.4 Å². The summed E-state index contributed by atoms with van der Waals surface area (Å²) in [7, 11) is 1.54. The molecule has 1 aromatic heterocycles. The van der Waals surface area contributed by atoms with Gasteiger partial charge in [-0.1, -0.05) is 36.4 Å². The predicted molar refractivity (Wildman–Crippen MR) is 133 cm³/mol. The zero-order valence-corrected chi connectivity index (χ0v) is 20.3. The molecule has 1 fully saturated rings. The Bertz CT molecular complexity index is 1060. The zero-order chi connectivity index (χ0) is 22.7. The summed E-state index contributed by atoms with van der Waals surface area (Å²) in [5, 5.41) is 2.82. The van der Waals surface area contributed by atoms with Crippen molar-refractivity contribution >= 4 is 63.4 Å². The van der Waals surface area contributed by atoms with Crippen LogP contribution in [0.15, 0.2) is 46.4 Å². The number of benzene rings is 1. The van der Waals surface area contributed by atoms with E-state index in [1.165, 1.54) is 28.0 Å². The van der Waals surface area contributed by atoms with E-state index in [1.54, 1.807) is 31.4 Å². The Kier molecular flexibility index (Phi) is 7.23. The number of anilines is 1. The average molecular weight is 490 g/mol. The summed E-state index contributed by atoms with van der Waals surface area (Å²) in [6.45, 7) is 3.79. The van der Waals surface area contributed by atoms with Crippen molar-refractivity contribution < 1.29 is 14.3 Å². The zero-order valence-electron chi connectivity index (χ0n) is 17.9. The lowest BCUT2D eigenvalue weighted by Crippen LogP contribution is -2.39. The summed E-state index contributed by atoms with van der Waals surface area (Å²) in [5.41, 5.74) is 0.919. The van der Waals surface area contributed by atoms with Gasteiger partial charge in [0.2, 0.25) is 5.91 Å². The fraction of sp³-hybridized carbons (Fsp3) is 0.348. The molecule has 0 atom stereocenters. The molecule has 6 nitrogen and oxygen atoms in total. The first-order chi connectivity index (χ1) is 15.5. The number of hydrogen-bond acceptors (Lipinski definition) is 6. The molecule has 0 radical (unpaired) electrons. The molecule has 4 rings (SSSR count). The molecule has 1 aromatic carbocycles. The highest BCUT2D eigenvalue weighted by Crippen LogP contribution is 2.34. The number of thiophene rings is 1. The van der Waals surface area contributed by atoms with Gasteiger partial charge in [0.25, 0.3) is 5.91 Å². The minimum absolute atomic E-state index is 0.0699. The van der Waals surface area contributed by atoms with Crippen molar-refractivity contribution in [3.63, 3.8) is 0 Å². The molecule has 2 amide bonds. The molecule has 9 heteroatoms. The Morgan fingerprint density at radius 1 is 1.34 bits per heavy atom. The third-order valence-corrected chi connectivity index (χ3v) is 7.54. The predicted octanol–water partition coefficient (Wildman–Crippen LogP) is 5.15. The number of carbonyl (C=O) groups is 2. The number of halogens is 1. The van der Waals surface area contributed by atoms with E-state index < -0.39 is 0 Å². The van der Waals surface area contributed by atoms with Crippen LogP contribution in [0.4, 0.5) is 5.69 Å². The number of methoxy groups -OCH3 is 1. The van der Waals surface area contributed by atoms with Crippen molar-refractivity contribution in [2.24, 2.45) is 10.9 Å². The molecule has 0 unspecified atom stereocenters. The first kappa shape index (κ1) is 22.9. The normalized spacial score (nSPS) is 18.4. The quantitative estimate of drug-likeness (QED) is 0.545. The number of amides is 2. The molecule has 0 bridgehead atoms. The van der Waals surface area contributed by atoms with Crippen LogP contribution in [0.1, 0.15) is 24.6 Å². The molecular formula is C23H24ClN3O3S2. The van der Waals surface area contributed by atoms with Crippen LogP contribution in [-0.2, 0) is 9.59 Å². The summed E-state index contributed by atoms with van der Waals surface area (Å²) in [5.74, 6) is 1.23. The second-order valence-corrected chi connectivity index (χ2v) is 10.1. The van der Waals surface area contributed by atoms with Gasteiger partial charge < -0.3 is 9.64 Å². The standard InChI is InChI=1S/C23H24ClN3O3S2/c1-15-7-9-26(10-8-15)21(28)14-32-23-25-19(13-17-4-3-11-31-17)22(29)27(23)16-5-6-20(30-2)18(24)12-16/h3-6,11-13,15H,7-10,14H2,1-2H3. The van der Waals surface area contributed by atoms with E-state index >= 15 is 0 Å². The maximum Gasteiger partial charge on any atom is 0.283 e. The molecule has 1 saturated heterocycles. The smallest absolute Gasteiger partial charge is 0.283 e. The molecule has 0 saturated carbocycles. The lowest BCUT2D eigenvalue weighted by atomic mass is 9.99. The number of carbonyl (C=O) groups excluding carboxylic acids is 2. The Labute approximate surface area is 200 Å². The average Bonchev–Trinajstić information content (AvgIpc) is 3.41. The fourth-order valence-electron chi connectivity index (χ4n) is 3.60. The topological polar surface area (TPSA) is 62.2 Å². The van der Waals surface area contributed by atoms with E-state index in [-0.39, 0.29) is 17.6 Å². The Morgan fingerprint density at radius 3 is 2.78 bits per heavy atom. The van der Waals surface area contributed by atoms with Crippen LogP contribution in [-0.4, -0.2) is 47.8 Å². The summed E-state index contributed by atoms with van der Waals surface area (Å²) in [4.78, 5) is 35.0. The van der Waals surface area contributed by atoms with Gasteiger partial charge in [-0.05, 0) is 54.5 Å². The number of ether oxygens (including phenoxy) is 1. The number of hydrogen-bond donors (Lipinski definition) is 0. The summed E-state index contributed by atoms with van der Waals surface area (Å²) >= 11 is 9.12. The van der Waals surface area contributed by atoms with Crippen molar-refractivity contribution in [2.45, 2.75) is 19.8 Å². The summed E-state index contributed by atoms with van der Waals surface area (Å²) in [6, 6.07) is 9.02. The number of amidine groups is 1. The minimum atomic E-state index is -0.249. The van der Waals surface area contributed by atoms with Crippen LogP contribution in [0.25, 0.3) is 6.08 Å².